The van der Waals surface area contributed by atoms with Crippen LogP contribution in [-0.2, 0) is 9.53 Å². The lowest BCUT2D eigenvalue weighted by Crippen LogP contribution is -2.43. The second-order valence-corrected chi connectivity index (χ2v) is 6.39. The van der Waals surface area contributed by atoms with E-state index in [2.05, 4.69) is 0 Å². The van der Waals surface area contributed by atoms with Gasteiger partial charge in [0.1, 0.15) is 5.78 Å². The molecule has 2 heteroatoms. The number of hydrogen-bond acceptors (Lipinski definition) is 2. The molecule has 3 rings (SSSR count). The van der Waals surface area contributed by atoms with Crippen LogP contribution in [0.5, 0.6) is 0 Å². The SMILES string of the molecule is O=C1CCC(C2CCOC3(CCCCC3)C2)C1. The van der Waals surface area contributed by atoms with Crippen molar-refractivity contribution in [1.82, 2.24) is 0 Å². The Morgan fingerprint density at radius 3 is 2.59 bits per heavy atom. The van der Waals surface area contributed by atoms with E-state index in [1.807, 2.05) is 0 Å². The Bertz CT molecular complexity index is 286. The first-order valence-corrected chi connectivity index (χ1v) is 7.43. The van der Waals surface area contributed by atoms with Gasteiger partial charge in [-0.15, -0.1) is 0 Å². The zero-order valence-corrected chi connectivity index (χ0v) is 10.7. The molecule has 96 valence electrons. The lowest BCUT2D eigenvalue weighted by molar-refractivity contribution is -0.127. The number of carbonyl (C=O) groups is 1. The van der Waals surface area contributed by atoms with Gasteiger partial charge in [-0.2, -0.15) is 0 Å². The Morgan fingerprint density at radius 1 is 1.06 bits per heavy atom. The Kier molecular flexibility index (Phi) is 3.25. The molecule has 1 heterocycles. The van der Waals surface area contributed by atoms with Crippen LogP contribution in [0.3, 0.4) is 0 Å². The second kappa shape index (κ2) is 4.72. The van der Waals surface area contributed by atoms with Gasteiger partial charge in [0.05, 0.1) is 5.60 Å². The third kappa shape index (κ3) is 2.42. The van der Waals surface area contributed by atoms with E-state index >= 15 is 0 Å². The van der Waals surface area contributed by atoms with Crippen LogP contribution in [0.2, 0.25) is 0 Å². The molecular weight excluding hydrogens is 212 g/mol. The fraction of sp³-hybridized carbons (Fsp3) is 0.933. The number of hydrogen-bond donors (Lipinski definition) is 0. The molecule has 1 spiro atoms. The monoisotopic (exact) mass is 236 g/mol. The largest absolute Gasteiger partial charge is 0.375 e. The molecule has 0 amide bonds. The van der Waals surface area contributed by atoms with Crippen LogP contribution in [0.1, 0.15) is 64.2 Å². The summed E-state index contributed by atoms with van der Waals surface area (Å²) in [7, 11) is 0. The van der Waals surface area contributed by atoms with Gasteiger partial charge in [-0.25, -0.2) is 0 Å². The van der Waals surface area contributed by atoms with Crippen LogP contribution < -0.4 is 0 Å². The highest BCUT2D eigenvalue weighted by Gasteiger charge is 2.42. The Hall–Kier alpha value is -0.370. The number of ketones is 1. The van der Waals surface area contributed by atoms with E-state index in [-0.39, 0.29) is 5.60 Å². The highest BCUT2D eigenvalue weighted by molar-refractivity contribution is 5.80. The highest BCUT2D eigenvalue weighted by Crippen LogP contribution is 2.45. The van der Waals surface area contributed by atoms with Gasteiger partial charge < -0.3 is 4.74 Å². The van der Waals surface area contributed by atoms with Crippen molar-refractivity contribution in [3.63, 3.8) is 0 Å². The fourth-order valence-corrected chi connectivity index (χ4v) is 4.26. The van der Waals surface area contributed by atoms with Crippen molar-refractivity contribution in [3.8, 4) is 0 Å². The van der Waals surface area contributed by atoms with E-state index in [4.69, 9.17) is 4.74 Å². The van der Waals surface area contributed by atoms with Crippen LogP contribution in [0.25, 0.3) is 0 Å². The molecule has 2 nitrogen and oxygen atoms in total. The molecule has 0 aromatic rings. The zero-order valence-electron chi connectivity index (χ0n) is 10.7. The first-order valence-electron chi connectivity index (χ1n) is 7.43. The number of carbonyl (C=O) groups excluding carboxylic acids is 1. The van der Waals surface area contributed by atoms with Gasteiger partial charge in [-0.05, 0) is 43.9 Å². The number of rotatable bonds is 1. The molecular formula is C15H24O2. The average molecular weight is 236 g/mol. The molecule has 0 aromatic carbocycles. The van der Waals surface area contributed by atoms with E-state index in [1.165, 1.54) is 44.9 Å². The van der Waals surface area contributed by atoms with E-state index < -0.39 is 0 Å². The summed E-state index contributed by atoms with van der Waals surface area (Å²) in [5.41, 5.74) is 0.215. The van der Waals surface area contributed by atoms with E-state index in [9.17, 15) is 4.79 Å². The smallest absolute Gasteiger partial charge is 0.133 e. The minimum absolute atomic E-state index is 0.215. The molecule has 2 unspecified atom stereocenters. The summed E-state index contributed by atoms with van der Waals surface area (Å²) in [6, 6.07) is 0. The van der Waals surface area contributed by atoms with Gasteiger partial charge >= 0.3 is 0 Å². The van der Waals surface area contributed by atoms with E-state index in [0.717, 1.165) is 31.8 Å². The summed E-state index contributed by atoms with van der Waals surface area (Å²) in [5.74, 6) is 1.96. The van der Waals surface area contributed by atoms with Crippen molar-refractivity contribution >= 4 is 5.78 Å². The molecule has 0 radical (unpaired) electrons. The first kappa shape index (κ1) is 11.7. The van der Waals surface area contributed by atoms with Gasteiger partial charge in [0.15, 0.2) is 0 Å². The Morgan fingerprint density at radius 2 is 1.88 bits per heavy atom. The maximum absolute atomic E-state index is 11.4. The van der Waals surface area contributed by atoms with Crippen LogP contribution >= 0.6 is 0 Å². The van der Waals surface area contributed by atoms with E-state index in [1.54, 1.807) is 0 Å². The van der Waals surface area contributed by atoms with Gasteiger partial charge in [0, 0.05) is 19.4 Å². The van der Waals surface area contributed by atoms with Crippen LogP contribution in [0, 0.1) is 11.8 Å². The summed E-state index contributed by atoms with van der Waals surface area (Å²) in [5, 5.41) is 0. The third-order valence-electron chi connectivity index (χ3n) is 5.25. The highest BCUT2D eigenvalue weighted by atomic mass is 16.5. The van der Waals surface area contributed by atoms with Crippen molar-refractivity contribution in [3.05, 3.63) is 0 Å². The Balaban J connectivity index is 1.64. The predicted octanol–water partition coefficient (Wildman–Crippen LogP) is 3.49. The summed E-state index contributed by atoms with van der Waals surface area (Å²) >= 11 is 0. The predicted molar refractivity (Wildman–Crippen MR) is 66.8 cm³/mol. The molecule has 0 bridgehead atoms. The first-order chi connectivity index (χ1) is 8.27. The molecule has 3 aliphatic rings. The summed E-state index contributed by atoms with van der Waals surface area (Å²) in [6.45, 7) is 0.940. The quantitative estimate of drug-likeness (QED) is 0.696. The normalized spacial score (nSPS) is 37.5. The summed E-state index contributed by atoms with van der Waals surface area (Å²) in [4.78, 5) is 11.4. The Labute approximate surface area is 104 Å². The van der Waals surface area contributed by atoms with Crippen LogP contribution in [0.4, 0.5) is 0 Å². The molecule has 1 saturated heterocycles. The van der Waals surface area contributed by atoms with Gasteiger partial charge in [0.2, 0.25) is 0 Å². The van der Waals surface area contributed by atoms with Crippen molar-refractivity contribution in [2.75, 3.05) is 6.61 Å². The molecule has 1 aliphatic heterocycles. The van der Waals surface area contributed by atoms with Crippen molar-refractivity contribution < 1.29 is 9.53 Å². The molecule has 3 fully saturated rings. The number of Topliss-reactive ketones (excluding diaryl/α,β-unsaturated/α-hetero) is 1. The third-order valence-corrected chi connectivity index (χ3v) is 5.25. The molecule has 17 heavy (non-hydrogen) atoms. The number of ether oxygens (including phenoxy) is 1. The van der Waals surface area contributed by atoms with Crippen molar-refractivity contribution in [2.45, 2.75) is 69.8 Å². The second-order valence-electron chi connectivity index (χ2n) is 6.39. The minimum atomic E-state index is 0.215. The zero-order chi connectivity index (χ0) is 11.7. The van der Waals surface area contributed by atoms with Gasteiger partial charge in [-0.1, -0.05) is 19.3 Å². The lowest BCUT2D eigenvalue weighted by atomic mass is 9.72. The summed E-state index contributed by atoms with van der Waals surface area (Å²) < 4.78 is 6.14. The maximum atomic E-state index is 11.4. The van der Waals surface area contributed by atoms with Crippen molar-refractivity contribution in [2.24, 2.45) is 11.8 Å². The molecule has 0 N–H and O–H groups in total. The standard InChI is InChI=1S/C15H24O2/c16-14-5-4-12(10-14)13-6-9-17-15(11-13)7-2-1-3-8-15/h12-13H,1-11H2. The molecule has 2 aliphatic carbocycles. The topological polar surface area (TPSA) is 26.3 Å². The molecule has 0 aromatic heterocycles. The molecule has 2 saturated carbocycles. The maximum Gasteiger partial charge on any atom is 0.133 e. The van der Waals surface area contributed by atoms with Crippen LogP contribution in [-0.4, -0.2) is 18.0 Å². The van der Waals surface area contributed by atoms with Crippen molar-refractivity contribution in [1.29, 1.82) is 0 Å². The van der Waals surface area contributed by atoms with Gasteiger partial charge in [0.25, 0.3) is 0 Å². The minimum Gasteiger partial charge on any atom is -0.375 e. The van der Waals surface area contributed by atoms with E-state index in [0.29, 0.717) is 11.7 Å². The molecule has 2 atom stereocenters. The lowest BCUT2D eigenvalue weighted by Gasteiger charge is -2.45. The van der Waals surface area contributed by atoms with Gasteiger partial charge in [-0.3, -0.25) is 4.79 Å². The van der Waals surface area contributed by atoms with Crippen LogP contribution in [0.15, 0.2) is 0 Å². The average Bonchev–Trinajstić information content (AvgIpc) is 2.77. The fourth-order valence-electron chi connectivity index (χ4n) is 4.26. The summed E-state index contributed by atoms with van der Waals surface area (Å²) in [6.07, 6.45) is 11.9.